The first-order valence-corrected chi connectivity index (χ1v) is 15.9. The van der Waals surface area contributed by atoms with Gasteiger partial charge in [-0.1, -0.05) is 0 Å². The quantitative estimate of drug-likeness (QED) is 0.227. The van der Waals surface area contributed by atoms with Crippen molar-refractivity contribution in [3.8, 4) is 0 Å². The molecule has 224 valence electrons. The first-order valence-electron chi connectivity index (χ1n) is 12.9. The lowest BCUT2D eigenvalue weighted by molar-refractivity contribution is -0.0510. The van der Waals surface area contributed by atoms with E-state index in [0.29, 0.717) is 28.7 Å². The Balaban J connectivity index is 1.12. The molecule has 0 bridgehead atoms. The molecule has 7 rings (SSSR count). The van der Waals surface area contributed by atoms with Crippen molar-refractivity contribution in [1.29, 1.82) is 0 Å². The third-order valence-corrected chi connectivity index (χ3v) is 9.68. The minimum atomic E-state index is -4.62. The smallest absolute Gasteiger partial charge is 0.382 e. The van der Waals surface area contributed by atoms with E-state index in [1.165, 1.54) is 19.0 Å². The normalized spacial score (nSPS) is 36.0. The van der Waals surface area contributed by atoms with Gasteiger partial charge in [0, 0.05) is 18.4 Å². The second-order valence-corrected chi connectivity index (χ2v) is 13.0. The number of hydrogen-bond acceptors (Lipinski definition) is 15. The Morgan fingerprint density at radius 2 is 1.33 bits per heavy atom. The van der Waals surface area contributed by atoms with Crippen LogP contribution in [0.15, 0.2) is 25.3 Å². The van der Waals surface area contributed by atoms with Crippen molar-refractivity contribution in [3.63, 3.8) is 0 Å². The molecule has 3 unspecified atom stereocenters. The average Bonchev–Trinajstić information content (AvgIpc) is 3.71. The van der Waals surface area contributed by atoms with Crippen molar-refractivity contribution < 1.29 is 41.7 Å². The predicted octanol–water partition coefficient (Wildman–Crippen LogP) is 1.09. The highest BCUT2D eigenvalue weighted by Gasteiger charge is 2.47. The van der Waals surface area contributed by atoms with Crippen LogP contribution in [0.5, 0.6) is 0 Å². The number of phosphoric ester groups is 2. The minimum absolute atomic E-state index is 0.0424. The molecule has 3 fully saturated rings. The van der Waals surface area contributed by atoms with Crippen LogP contribution in [-0.4, -0.2) is 80.4 Å². The first kappa shape index (κ1) is 27.7. The van der Waals surface area contributed by atoms with E-state index in [1.54, 1.807) is 15.5 Å². The summed E-state index contributed by atoms with van der Waals surface area (Å²) < 4.78 is 57.3. The maximum absolute atomic E-state index is 13.1. The largest absolute Gasteiger partial charge is 0.472 e. The molecular weight excluding hydrogens is 598 g/mol. The number of nitrogen functional groups attached to an aromatic ring is 2. The molecule has 0 spiro atoms. The van der Waals surface area contributed by atoms with Gasteiger partial charge in [0.15, 0.2) is 22.9 Å². The van der Waals surface area contributed by atoms with Gasteiger partial charge in [-0.15, -0.1) is 0 Å². The highest BCUT2D eigenvalue weighted by Crippen LogP contribution is 2.55. The topological polar surface area (TPSA) is 260 Å². The van der Waals surface area contributed by atoms with Crippen molar-refractivity contribution in [2.75, 3.05) is 24.7 Å². The Morgan fingerprint density at radius 3 is 2.02 bits per heavy atom. The fourth-order valence-corrected chi connectivity index (χ4v) is 7.70. The van der Waals surface area contributed by atoms with Crippen molar-refractivity contribution >= 4 is 49.6 Å². The summed E-state index contributed by atoms with van der Waals surface area (Å²) in [5, 5.41) is 0. The van der Waals surface area contributed by atoms with E-state index < -0.39 is 52.7 Å². The van der Waals surface area contributed by atoms with E-state index in [1.807, 2.05) is 0 Å². The molecule has 42 heavy (non-hydrogen) atoms. The van der Waals surface area contributed by atoms with E-state index in [2.05, 4.69) is 29.9 Å². The number of nitrogens with zero attached hydrogens (tertiary/aromatic N) is 8. The molecule has 3 aliphatic rings. The number of imidazole rings is 2. The van der Waals surface area contributed by atoms with Crippen molar-refractivity contribution in [3.05, 3.63) is 25.3 Å². The molecule has 21 heteroatoms. The summed E-state index contributed by atoms with van der Waals surface area (Å²) >= 11 is 0. The molecule has 4 aromatic rings. The Bertz CT molecular complexity index is 1630. The molecule has 19 nitrogen and oxygen atoms in total. The van der Waals surface area contributed by atoms with Crippen molar-refractivity contribution in [1.82, 2.24) is 39.0 Å². The monoisotopic (exact) mass is 624 g/mol. The molecular formula is C21H26N10O9P2. The number of aromatic nitrogens is 8. The predicted molar refractivity (Wildman–Crippen MR) is 141 cm³/mol. The van der Waals surface area contributed by atoms with E-state index in [0.717, 1.165) is 0 Å². The van der Waals surface area contributed by atoms with Gasteiger partial charge in [0.2, 0.25) is 0 Å². The Hall–Kier alpha value is -3.12. The molecule has 1 aliphatic carbocycles. The summed E-state index contributed by atoms with van der Waals surface area (Å²) in [6, 6.07) is -0.307. The van der Waals surface area contributed by atoms with E-state index in [9.17, 15) is 18.9 Å². The fraction of sp³-hybridized carbons (Fsp3) is 0.524. The molecule has 0 amide bonds. The van der Waals surface area contributed by atoms with Crippen molar-refractivity contribution in [2.24, 2.45) is 5.92 Å². The van der Waals surface area contributed by atoms with Crippen LogP contribution < -0.4 is 11.5 Å². The van der Waals surface area contributed by atoms with Gasteiger partial charge < -0.3 is 30.6 Å². The lowest BCUT2D eigenvalue weighted by atomic mass is 10.1. The second kappa shape index (κ2) is 10.3. The van der Waals surface area contributed by atoms with Gasteiger partial charge in [-0.2, -0.15) is 0 Å². The Labute approximate surface area is 236 Å². The van der Waals surface area contributed by atoms with Crippen LogP contribution in [0.1, 0.15) is 31.5 Å². The summed E-state index contributed by atoms with van der Waals surface area (Å²) in [6.07, 6.45) is 2.41. The highest BCUT2D eigenvalue weighted by atomic mass is 31.2. The number of hydrogen-bond donors (Lipinski definition) is 4. The zero-order valence-corrected chi connectivity index (χ0v) is 23.5. The summed E-state index contributed by atoms with van der Waals surface area (Å²) in [4.78, 5) is 46.1. The fourth-order valence-electron chi connectivity index (χ4n) is 5.70. The summed E-state index contributed by atoms with van der Waals surface area (Å²) in [6.45, 7) is -0.787. The number of nitrogens with two attached hydrogens (primary N) is 2. The third-order valence-electron chi connectivity index (χ3n) is 7.65. The number of phosphoric acid groups is 2. The molecule has 0 aromatic carbocycles. The number of fused-ring (bicyclic) bond motifs is 4. The lowest BCUT2D eigenvalue weighted by Gasteiger charge is -2.27. The van der Waals surface area contributed by atoms with Crippen LogP contribution in [0.25, 0.3) is 22.3 Å². The standard InChI is InChI=1S/C21H26N10O9P2/c22-18-16-20(26-6-24-18)30(8-28-16)11-1-10-4-36-41(32,33)40-13-3-15(31-9-29-17-19(23)25-7-27-21(17)31)38-14(13)5-37-42(34,35)39-12(10)2-11/h6-15H,1-5H2,(H,32,33)(H,34,35)(H2,22,24,26)(H2,23,25,27)/t10-,11-,12?,13-,14-,15-/m1/s1. The Kier molecular flexibility index (Phi) is 6.76. The molecule has 2 aliphatic heterocycles. The molecule has 6 N–H and O–H groups in total. The number of anilines is 2. The van der Waals surface area contributed by atoms with Crippen LogP contribution in [0.3, 0.4) is 0 Å². The van der Waals surface area contributed by atoms with Gasteiger partial charge >= 0.3 is 15.6 Å². The molecule has 4 aromatic heterocycles. The average molecular weight is 624 g/mol. The van der Waals surface area contributed by atoms with Gasteiger partial charge in [0.1, 0.15) is 42.1 Å². The second-order valence-electron chi connectivity index (χ2n) is 10.2. The molecule has 2 saturated heterocycles. The van der Waals surface area contributed by atoms with E-state index in [-0.39, 0.29) is 37.1 Å². The Morgan fingerprint density at radius 1 is 0.738 bits per heavy atom. The maximum atomic E-state index is 13.1. The summed E-state index contributed by atoms with van der Waals surface area (Å²) in [7, 11) is -9.25. The van der Waals surface area contributed by atoms with Gasteiger partial charge in [-0.3, -0.25) is 22.7 Å². The first-order chi connectivity index (χ1) is 20.1. The number of ether oxygens (including phenoxy) is 1. The minimum Gasteiger partial charge on any atom is -0.382 e. The number of rotatable bonds is 2. The van der Waals surface area contributed by atoms with Crippen LogP contribution in [0, 0.1) is 5.92 Å². The van der Waals surface area contributed by atoms with Crippen LogP contribution in [-0.2, 0) is 32.0 Å². The zero-order chi connectivity index (χ0) is 29.2. The van der Waals surface area contributed by atoms with Crippen LogP contribution >= 0.6 is 15.6 Å². The zero-order valence-electron chi connectivity index (χ0n) is 21.7. The molecule has 1 saturated carbocycles. The highest BCUT2D eigenvalue weighted by molar-refractivity contribution is 7.47. The maximum Gasteiger partial charge on any atom is 0.472 e. The molecule has 6 heterocycles. The van der Waals surface area contributed by atoms with Crippen molar-refractivity contribution in [2.45, 2.75) is 49.8 Å². The van der Waals surface area contributed by atoms with E-state index in [4.69, 9.17) is 34.3 Å². The van der Waals surface area contributed by atoms with Gasteiger partial charge in [0.25, 0.3) is 0 Å². The van der Waals surface area contributed by atoms with E-state index >= 15 is 0 Å². The van der Waals surface area contributed by atoms with Gasteiger partial charge in [0.05, 0.1) is 32.0 Å². The molecule has 0 radical (unpaired) electrons. The van der Waals surface area contributed by atoms with Gasteiger partial charge in [-0.05, 0) is 12.8 Å². The third kappa shape index (κ3) is 5.06. The lowest BCUT2D eigenvalue weighted by Crippen LogP contribution is -2.30. The molecule has 8 atom stereocenters. The SMILES string of the molecule is Nc1ncnc2c1ncn2[C@H]1CC2OP(=O)(O)OC[C@H]3O[C@@H](n4cnc5c(N)ncnc54)C[C@H]3OP(=O)(O)OC[C@H]2C1. The van der Waals surface area contributed by atoms with Gasteiger partial charge in [-0.25, -0.2) is 39.0 Å². The van der Waals surface area contributed by atoms with Crippen LogP contribution in [0.2, 0.25) is 0 Å². The van der Waals surface area contributed by atoms with Crippen LogP contribution in [0.4, 0.5) is 11.6 Å². The summed E-state index contributed by atoms with van der Waals surface area (Å²) in [5.41, 5.74) is 13.4. The summed E-state index contributed by atoms with van der Waals surface area (Å²) in [5.74, 6) is -0.200.